The van der Waals surface area contributed by atoms with Gasteiger partial charge in [-0.25, -0.2) is 0 Å². The first kappa shape index (κ1) is 33.8. The highest BCUT2D eigenvalue weighted by Crippen LogP contribution is 2.31. The molecule has 5 N–H and O–H groups in total. The lowest BCUT2D eigenvalue weighted by molar-refractivity contribution is -0.128. The van der Waals surface area contributed by atoms with Gasteiger partial charge < -0.3 is 35.7 Å². The minimum Gasteiger partial charge on any atom is -0.493 e. The molecule has 0 spiro atoms. The first-order chi connectivity index (χ1) is 19.0. The quantitative estimate of drug-likeness (QED) is 0.201. The number of methoxy groups -OCH3 is 2. The Kier molecular flexibility index (Phi) is 14.8. The summed E-state index contributed by atoms with van der Waals surface area (Å²) in [6, 6.07) is 5.51. The molecule has 1 aliphatic heterocycles. The SMILES string of the molecule is COCCCOc1cc(C[C@@H](C[C@H](N)[C@@H](O)C[C@H](C(=O)NC[C@H]2CCCC(=O)N2)C(C)C)C(C)C)ccc1OC. The number of hydrogen-bond acceptors (Lipinski definition) is 7. The second-order valence-corrected chi connectivity index (χ2v) is 11.8. The number of aliphatic hydroxyl groups excluding tert-OH is 1. The summed E-state index contributed by atoms with van der Waals surface area (Å²) in [7, 11) is 3.31. The second-order valence-electron chi connectivity index (χ2n) is 11.8. The van der Waals surface area contributed by atoms with Crippen molar-refractivity contribution < 1.29 is 28.9 Å². The van der Waals surface area contributed by atoms with Crippen LogP contribution in [0.4, 0.5) is 0 Å². The summed E-state index contributed by atoms with van der Waals surface area (Å²) < 4.78 is 16.5. The molecule has 5 atom stereocenters. The number of nitrogens with two attached hydrogens (primary N) is 1. The normalized spacial score (nSPS) is 18.6. The van der Waals surface area contributed by atoms with Gasteiger partial charge in [-0.1, -0.05) is 33.8 Å². The van der Waals surface area contributed by atoms with Gasteiger partial charge in [0.2, 0.25) is 11.8 Å². The number of carbonyl (C=O) groups is 2. The third-order valence-corrected chi connectivity index (χ3v) is 7.97. The molecule has 1 aliphatic rings. The molecular formula is C31H53N3O6. The van der Waals surface area contributed by atoms with Gasteiger partial charge in [0.25, 0.3) is 0 Å². The van der Waals surface area contributed by atoms with E-state index in [1.165, 1.54) is 0 Å². The number of amides is 2. The number of benzene rings is 1. The Bertz CT molecular complexity index is 909. The van der Waals surface area contributed by atoms with Crippen molar-refractivity contribution in [1.82, 2.24) is 10.6 Å². The third-order valence-electron chi connectivity index (χ3n) is 7.97. The van der Waals surface area contributed by atoms with Gasteiger partial charge in [0.1, 0.15) is 0 Å². The lowest BCUT2D eigenvalue weighted by Crippen LogP contribution is -2.48. The largest absolute Gasteiger partial charge is 0.493 e. The average Bonchev–Trinajstić information content (AvgIpc) is 2.92. The summed E-state index contributed by atoms with van der Waals surface area (Å²) in [5.41, 5.74) is 7.67. The van der Waals surface area contributed by atoms with Gasteiger partial charge in [-0.05, 0) is 67.6 Å². The molecule has 2 amide bonds. The summed E-state index contributed by atoms with van der Waals surface area (Å²) in [4.78, 5) is 24.7. The predicted molar refractivity (Wildman–Crippen MR) is 157 cm³/mol. The monoisotopic (exact) mass is 563 g/mol. The Morgan fingerprint density at radius 3 is 2.50 bits per heavy atom. The van der Waals surface area contributed by atoms with Gasteiger partial charge in [0.15, 0.2) is 11.5 Å². The topological polar surface area (TPSA) is 132 Å². The highest BCUT2D eigenvalue weighted by Gasteiger charge is 2.30. The van der Waals surface area contributed by atoms with Crippen molar-refractivity contribution in [3.8, 4) is 11.5 Å². The zero-order chi connectivity index (χ0) is 29.7. The molecule has 1 saturated heterocycles. The summed E-state index contributed by atoms with van der Waals surface area (Å²) in [5.74, 6) is 1.61. The predicted octanol–water partition coefficient (Wildman–Crippen LogP) is 3.45. The van der Waals surface area contributed by atoms with E-state index in [-0.39, 0.29) is 35.6 Å². The molecule has 1 aromatic carbocycles. The van der Waals surface area contributed by atoms with Crippen LogP contribution in [0.5, 0.6) is 11.5 Å². The summed E-state index contributed by atoms with van der Waals surface area (Å²) in [6.45, 7) is 9.90. The molecule has 2 rings (SSSR count). The van der Waals surface area contributed by atoms with Gasteiger partial charge >= 0.3 is 0 Å². The second kappa shape index (κ2) is 17.5. The fourth-order valence-corrected chi connectivity index (χ4v) is 5.25. The van der Waals surface area contributed by atoms with Crippen molar-refractivity contribution in [3.05, 3.63) is 23.8 Å². The highest BCUT2D eigenvalue weighted by atomic mass is 16.5. The van der Waals surface area contributed by atoms with Crippen LogP contribution in [0.2, 0.25) is 0 Å². The van der Waals surface area contributed by atoms with Crippen molar-refractivity contribution >= 4 is 11.8 Å². The maximum Gasteiger partial charge on any atom is 0.223 e. The summed E-state index contributed by atoms with van der Waals surface area (Å²) >= 11 is 0. The average molecular weight is 564 g/mol. The summed E-state index contributed by atoms with van der Waals surface area (Å²) in [5, 5.41) is 17.0. The fraction of sp³-hybridized carbons (Fsp3) is 0.742. The number of carbonyl (C=O) groups excluding carboxylic acids is 2. The molecule has 0 saturated carbocycles. The number of hydrogen-bond donors (Lipinski definition) is 4. The first-order valence-electron chi connectivity index (χ1n) is 14.8. The molecule has 9 nitrogen and oxygen atoms in total. The standard InChI is InChI=1S/C31H53N3O6/c1-20(2)23(15-22-11-12-28(39-6)29(16-22)40-14-8-13-38-5)17-26(32)27(35)18-25(21(3)4)31(37)33-19-24-9-7-10-30(36)34-24/h11-12,16,20-21,23-27,35H,7-10,13-15,17-19,32H2,1-6H3,(H,33,37)(H,34,36)/t23-,24+,25-,26-,27-/m0/s1. The lowest BCUT2D eigenvalue weighted by Gasteiger charge is -2.30. The maximum atomic E-state index is 13.0. The van der Waals surface area contributed by atoms with Crippen LogP contribution in [-0.2, 0) is 20.7 Å². The lowest BCUT2D eigenvalue weighted by atomic mass is 9.81. The maximum absolute atomic E-state index is 13.0. The van der Waals surface area contributed by atoms with Crippen molar-refractivity contribution in [2.24, 2.45) is 29.4 Å². The first-order valence-corrected chi connectivity index (χ1v) is 14.8. The van der Waals surface area contributed by atoms with Gasteiger partial charge in [0.05, 0.1) is 19.8 Å². The molecule has 228 valence electrons. The number of ether oxygens (including phenoxy) is 3. The van der Waals surface area contributed by atoms with Gasteiger partial charge in [-0.2, -0.15) is 0 Å². The number of rotatable bonds is 18. The summed E-state index contributed by atoms with van der Waals surface area (Å²) in [6.07, 6.45) is 3.95. The van der Waals surface area contributed by atoms with E-state index in [0.717, 1.165) is 31.2 Å². The van der Waals surface area contributed by atoms with E-state index >= 15 is 0 Å². The van der Waals surface area contributed by atoms with E-state index in [2.05, 4.69) is 24.5 Å². The van der Waals surface area contributed by atoms with Gasteiger partial charge in [-0.15, -0.1) is 0 Å². The van der Waals surface area contributed by atoms with Gasteiger partial charge in [-0.3, -0.25) is 9.59 Å². The van der Waals surface area contributed by atoms with E-state index in [9.17, 15) is 14.7 Å². The van der Waals surface area contributed by atoms with Crippen LogP contribution in [0.15, 0.2) is 18.2 Å². The zero-order valence-electron chi connectivity index (χ0n) is 25.4. The zero-order valence-corrected chi connectivity index (χ0v) is 25.4. The van der Waals surface area contributed by atoms with Crippen LogP contribution >= 0.6 is 0 Å². The van der Waals surface area contributed by atoms with Crippen LogP contribution in [0.1, 0.15) is 71.8 Å². The fourth-order valence-electron chi connectivity index (χ4n) is 5.25. The molecule has 0 bridgehead atoms. The van der Waals surface area contributed by atoms with Crippen LogP contribution < -0.4 is 25.8 Å². The smallest absolute Gasteiger partial charge is 0.223 e. The molecule has 0 radical (unpaired) electrons. The number of aliphatic hydroxyl groups is 1. The molecular weight excluding hydrogens is 510 g/mol. The molecule has 40 heavy (non-hydrogen) atoms. The minimum atomic E-state index is -0.802. The van der Waals surface area contributed by atoms with Gasteiger partial charge in [0, 0.05) is 51.1 Å². The number of piperidine rings is 1. The molecule has 0 aromatic heterocycles. The Hall–Kier alpha value is -2.36. The molecule has 9 heteroatoms. The number of nitrogens with one attached hydrogen (secondary N) is 2. The van der Waals surface area contributed by atoms with E-state index in [1.54, 1.807) is 14.2 Å². The Morgan fingerprint density at radius 2 is 1.88 bits per heavy atom. The molecule has 1 aromatic rings. The molecule has 1 fully saturated rings. The Morgan fingerprint density at radius 1 is 1.12 bits per heavy atom. The van der Waals surface area contributed by atoms with Crippen molar-refractivity contribution in [3.63, 3.8) is 0 Å². The van der Waals surface area contributed by atoms with Crippen LogP contribution in [0.3, 0.4) is 0 Å². The molecule has 1 heterocycles. The van der Waals surface area contributed by atoms with Crippen LogP contribution in [0.25, 0.3) is 0 Å². The van der Waals surface area contributed by atoms with Crippen molar-refractivity contribution in [1.29, 1.82) is 0 Å². The Labute approximate surface area is 240 Å². The Balaban J connectivity index is 1.97. The van der Waals surface area contributed by atoms with Crippen molar-refractivity contribution in [2.75, 3.05) is 34.0 Å². The van der Waals surface area contributed by atoms with E-state index in [1.807, 2.05) is 32.0 Å². The minimum absolute atomic E-state index is 0.0347. The van der Waals surface area contributed by atoms with E-state index in [4.69, 9.17) is 19.9 Å². The molecule has 0 unspecified atom stereocenters. The van der Waals surface area contributed by atoms with E-state index < -0.39 is 12.1 Å². The highest BCUT2D eigenvalue weighted by molar-refractivity contribution is 5.79. The molecule has 0 aliphatic carbocycles. The van der Waals surface area contributed by atoms with Crippen molar-refractivity contribution in [2.45, 2.75) is 90.8 Å². The van der Waals surface area contributed by atoms with Crippen LogP contribution in [0, 0.1) is 23.7 Å². The van der Waals surface area contributed by atoms with Crippen LogP contribution in [-0.4, -0.2) is 69.1 Å². The van der Waals surface area contributed by atoms with E-state index in [0.29, 0.717) is 56.4 Å². The third kappa shape index (κ3) is 11.3.